The van der Waals surface area contributed by atoms with Crippen LogP contribution in [0.25, 0.3) is 0 Å². The molecule has 0 radical (unpaired) electrons. The lowest BCUT2D eigenvalue weighted by Crippen LogP contribution is -2.46. The highest BCUT2D eigenvalue weighted by Crippen LogP contribution is 2.21. The quantitative estimate of drug-likeness (QED) is 0.401. The van der Waals surface area contributed by atoms with Crippen molar-refractivity contribution in [1.82, 2.24) is 0 Å². The van der Waals surface area contributed by atoms with E-state index in [2.05, 4.69) is 12.1 Å². The molecular formula is C18H30O5Si. The predicted molar refractivity (Wildman–Crippen MR) is 95.4 cm³/mol. The molecule has 1 aliphatic rings. The van der Waals surface area contributed by atoms with Crippen LogP contribution in [0.1, 0.15) is 32.8 Å². The van der Waals surface area contributed by atoms with Crippen molar-refractivity contribution < 1.29 is 22.8 Å². The van der Waals surface area contributed by atoms with Gasteiger partial charge in [-0.15, -0.1) is 0 Å². The van der Waals surface area contributed by atoms with Crippen LogP contribution in [0.4, 0.5) is 0 Å². The minimum atomic E-state index is -2.52. The van der Waals surface area contributed by atoms with Gasteiger partial charge in [-0.1, -0.05) is 12.1 Å². The van der Waals surface area contributed by atoms with E-state index in [0.717, 1.165) is 31.2 Å². The van der Waals surface area contributed by atoms with Gasteiger partial charge in [0.1, 0.15) is 18.5 Å². The summed E-state index contributed by atoms with van der Waals surface area (Å²) in [4.78, 5) is 0. The second-order valence-corrected chi connectivity index (χ2v) is 8.48. The second-order valence-electron chi connectivity index (χ2n) is 5.75. The number of aryl methyl sites for hydroxylation is 1. The van der Waals surface area contributed by atoms with Gasteiger partial charge in [0.05, 0.1) is 6.61 Å². The average molecular weight is 355 g/mol. The Labute approximate surface area is 146 Å². The summed E-state index contributed by atoms with van der Waals surface area (Å²) in [5, 5.41) is 0. The van der Waals surface area contributed by atoms with E-state index < -0.39 is 8.80 Å². The zero-order valence-corrected chi connectivity index (χ0v) is 16.1. The van der Waals surface area contributed by atoms with Gasteiger partial charge in [0.15, 0.2) is 0 Å². The Kier molecular flexibility index (Phi) is 8.21. The molecule has 136 valence electrons. The molecule has 1 atom stereocenters. The molecule has 1 aromatic carbocycles. The van der Waals surface area contributed by atoms with E-state index >= 15 is 0 Å². The van der Waals surface area contributed by atoms with E-state index in [-0.39, 0.29) is 0 Å². The SMILES string of the molecule is CCO[Si](CCCc1ccc(OCC2CO2)cc1)(OCC)OCC. The van der Waals surface area contributed by atoms with E-state index in [1.165, 1.54) is 5.56 Å². The number of benzene rings is 1. The standard InChI is InChI=1S/C18H30O5Si/c1-4-21-24(22-5-2,23-6-3)13-7-8-16-9-11-17(12-10-16)19-14-18-15-20-18/h9-12,18H,4-8,13-15H2,1-3H3. The van der Waals surface area contributed by atoms with Crippen LogP contribution in [0.15, 0.2) is 24.3 Å². The van der Waals surface area contributed by atoms with Crippen LogP contribution in [0.5, 0.6) is 5.75 Å². The molecule has 0 spiro atoms. The van der Waals surface area contributed by atoms with Gasteiger partial charge in [0.2, 0.25) is 0 Å². The van der Waals surface area contributed by atoms with Crippen molar-refractivity contribution in [3.8, 4) is 5.75 Å². The molecule has 1 aromatic rings. The van der Waals surface area contributed by atoms with Gasteiger partial charge in [-0.2, -0.15) is 0 Å². The first-order valence-electron chi connectivity index (χ1n) is 8.96. The van der Waals surface area contributed by atoms with Crippen molar-refractivity contribution >= 4 is 8.80 Å². The first-order chi connectivity index (χ1) is 11.7. The summed E-state index contributed by atoms with van der Waals surface area (Å²) in [6, 6.07) is 9.13. The number of hydrogen-bond donors (Lipinski definition) is 0. The molecule has 1 heterocycles. The topological polar surface area (TPSA) is 49.5 Å². The van der Waals surface area contributed by atoms with E-state index in [4.69, 9.17) is 22.8 Å². The van der Waals surface area contributed by atoms with Gasteiger partial charge >= 0.3 is 8.80 Å². The molecule has 1 unspecified atom stereocenters. The number of ether oxygens (including phenoxy) is 2. The maximum absolute atomic E-state index is 5.89. The maximum Gasteiger partial charge on any atom is 0.500 e. The maximum atomic E-state index is 5.89. The van der Waals surface area contributed by atoms with Crippen LogP contribution < -0.4 is 4.74 Å². The lowest BCUT2D eigenvalue weighted by Gasteiger charge is -2.28. The molecule has 1 fully saturated rings. The van der Waals surface area contributed by atoms with E-state index in [1.807, 2.05) is 32.9 Å². The molecule has 24 heavy (non-hydrogen) atoms. The van der Waals surface area contributed by atoms with E-state index in [1.54, 1.807) is 0 Å². The van der Waals surface area contributed by atoms with Crippen LogP contribution in [0.2, 0.25) is 6.04 Å². The lowest BCUT2D eigenvalue weighted by molar-refractivity contribution is 0.0708. The third kappa shape index (κ3) is 6.53. The summed E-state index contributed by atoms with van der Waals surface area (Å²) in [5.74, 6) is 0.899. The normalized spacial score (nSPS) is 17.0. The Morgan fingerprint density at radius 2 is 1.58 bits per heavy atom. The summed E-state index contributed by atoms with van der Waals surface area (Å²) in [6.45, 7) is 9.32. The van der Waals surface area contributed by atoms with Gasteiger partial charge in [-0.05, 0) is 51.3 Å². The Morgan fingerprint density at radius 3 is 2.08 bits per heavy atom. The molecular weight excluding hydrogens is 324 g/mol. The predicted octanol–water partition coefficient (Wildman–Crippen LogP) is 3.45. The Hall–Kier alpha value is -0.923. The third-order valence-corrected chi connectivity index (χ3v) is 6.95. The number of epoxide rings is 1. The van der Waals surface area contributed by atoms with Crippen LogP contribution in [0.3, 0.4) is 0 Å². The van der Waals surface area contributed by atoms with Crippen molar-refractivity contribution in [2.75, 3.05) is 33.0 Å². The van der Waals surface area contributed by atoms with Crippen molar-refractivity contribution in [2.45, 2.75) is 45.8 Å². The van der Waals surface area contributed by atoms with Crippen molar-refractivity contribution in [3.05, 3.63) is 29.8 Å². The molecule has 1 aliphatic heterocycles. The largest absolute Gasteiger partial charge is 0.500 e. The fourth-order valence-electron chi connectivity index (χ4n) is 2.62. The monoisotopic (exact) mass is 354 g/mol. The van der Waals surface area contributed by atoms with Crippen LogP contribution in [0, 0.1) is 0 Å². The zero-order chi connectivity index (χ0) is 17.3. The average Bonchev–Trinajstić information content (AvgIpc) is 3.39. The van der Waals surface area contributed by atoms with Crippen LogP contribution in [-0.2, 0) is 24.4 Å². The summed E-state index contributed by atoms with van der Waals surface area (Å²) >= 11 is 0. The molecule has 0 bridgehead atoms. The van der Waals surface area contributed by atoms with Gasteiger partial charge in [-0.3, -0.25) is 0 Å². The van der Waals surface area contributed by atoms with Gasteiger partial charge in [-0.25, -0.2) is 0 Å². The summed E-state index contributed by atoms with van der Waals surface area (Å²) in [7, 11) is -2.52. The summed E-state index contributed by atoms with van der Waals surface area (Å²) in [6.07, 6.45) is 2.26. The van der Waals surface area contributed by atoms with Gasteiger partial charge in [0, 0.05) is 25.9 Å². The lowest BCUT2D eigenvalue weighted by atomic mass is 10.1. The highest BCUT2D eigenvalue weighted by Gasteiger charge is 2.39. The molecule has 0 amide bonds. The minimum Gasteiger partial charge on any atom is -0.491 e. The van der Waals surface area contributed by atoms with E-state index in [9.17, 15) is 0 Å². The first-order valence-corrected chi connectivity index (χ1v) is 10.9. The number of hydrogen-bond acceptors (Lipinski definition) is 5. The molecule has 5 nitrogen and oxygen atoms in total. The molecule has 6 heteroatoms. The zero-order valence-electron chi connectivity index (χ0n) is 15.1. The van der Waals surface area contributed by atoms with Gasteiger partial charge < -0.3 is 22.8 Å². The van der Waals surface area contributed by atoms with Crippen molar-refractivity contribution in [3.63, 3.8) is 0 Å². The highest BCUT2D eigenvalue weighted by atomic mass is 28.4. The first kappa shape index (κ1) is 19.4. The third-order valence-electron chi connectivity index (χ3n) is 3.80. The fraction of sp³-hybridized carbons (Fsp3) is 0.667. The molecule has 0 N–H and O–H groups in total. The molecule has 2 rings (SSSR count). The molecule has 0 aromatic heterocycles. The van der Waals surface area contributed by atoms with Crippen molar-refractivity contribution in [1.29, 1.82) is 0 Å². The number of rotatable bonds is 13. The van der Waals surface area contributed by atoms with Crippen LogP contribution in [-0.4, -0.2) is 47.9 Å². The Bertz CT molecular complexity index is 444. The highest BCUT2D eigenvalue weighted by molar-refractivity contribution is 6.60. The minimum absolute atomic E-state index is 0.290. The molecule has 0 aliphatic carbocycles. The van der Waals surface area contributed by atoms with Gasteiger partial charge in [0.25, 0.3) is 0 Å². The fourth-order valence-corrected chi connectivity index (χ4v) is 5.23. The van der Waals surface area contributed by atoms with Crippen molar-refractivity contribution in [2.24, 2.45) is 0 Å². The van der Waals surface area contributed by atoms with Crippen LogP contribution >= 0.6 is 0 Å². The molecule has 1 saturated heterocycles. The molecule has 0 saturated carbocycles. The Morgan fingerprint density at radius 1 is 1.00 bits per heavy atom. The smallest absolute Gasteiger partial charge is 0.491 e. The Balaban J connectivity index is 1.79. The van der Waals surface area contributed by atoms with E-state index in [0.29, 0.717) is 32.5 Å². The summed E-state index contributed by atoms with van der Waals surface area (Å²) in [5.41, 5.74) is 1.29. The summed E-state index contributed by atoms with van der Waals surface area (Å²) < 4.78 is 28.5. The second kappa shape index (κ2) is 10.2.